The number of aryl methyl sites for hydroxylation is 1. The normalized spacial score (nSPS) is 10.6. The van der Waals surface area contributed by atoms with Gasteiger partial charge in [0.05, 0.1) is 0 Å². The van der Waals surface area contributed by atoms with Crippen molar-refractivity contribution in [3.63, 3.8) is 0 Å². The van der Waals surface area contributed by atoms with Gasteiger partial charge in [-0.25, -0.2) is 0 Å². The molecule has 2 N–H and O–H groups in total. The molecule has 0 spiro atoms. The average Bonchev–Trinajstić information content (AvgIpc) is 2.55. The Bertz CT molecular complexity index is 552. The Kier molecular flexibility index (Phi) is 6.94. The van der Waals surface area contributed by atoms with Crippen LogP contribution in [0.5, 0.6) is 5.75 Å². The number of unbranched alkanes of at least 4 members (excludes halogenated alkanes) is 1. The minimum absolute atomic E-state index is 0.272. The van der Waals surface area contributed by atoms with Crippen molar-refractivity contribution < 1.29 is 9.84 Å². The Balaban J connectivity index is 1.76. The van der Waals surface area contributed by atoms with Crippen molar-refractivity contribution in [1.29, 1.82) is 0 Å². The average molecular weight is 299 g/mol. The van der Waals surface area contributed by atoms with E-state index in [2.05, 4.69) is 36.5 Å². The predicted molar refractivity (Wildman–Crippen MR) is 90.0 cm³/mol. The summed E-state index contributed by atoms with van der Waals surface area (Å²) < 4.78 is 5.84. The molecule has 2 aromatic carbocycles. The van der Waals surface area contributed by atoms with Gasteiger partial charge < -0.3 is 15.2 Å². The van der Waals surface area contributed by atoms with E-state index < -0.39 is 0 Å². The van der Waals surface area contributed by atoms with Crippen LogP contribution in [0.15, 0.2) is 48.5 Å². The van der Waals surface area contributed by atoms with E-state index in [4.69, 9.17) is 9.84 Å². The number of rotatable bonds is 9. The molecular formula is C19H25NO2. The second-order valence-electron chi connectivity index (χ2n) is 5.47. The molecule has 22 heavy (non-hydrogen) atoms. The quantitative estimate of drug-likeness (QED) is 0.697. The van der Waals surface area contributed by atoms with Gasteiger partial charge in [0, 0.05) is 13.2 Å². The Morgan fingerprint density at radius 3 is 2.50 bits per heavy atom. The van der Waals surface area contributed by atoms with E-state index in [9.17, 15) is 0 Å². The van der Waals surface area contributed by atoms with Crippen LogP contribution in [0, 0.1) is 6.92 Å². The third kappa shape index (κ3) is 5.51. The first-order valence-corrected chi connectivity index (χ1v) is 7.87. The Morgan fingerprint density at radius 2 is 1.77 bits per heavy atom. The van der Waals surface area contributed by atoms with Crippen LogP contribution in [0.2, 0.25) is 0 Å². The number of nitrogens with one attached hydrogen (secondary N) is 1. The molecule has 0 aliphatic heterocycles. The molecule has 0 atom stereocenters. The van der Waals surface area contributed by atoms with Gasteiger partial charge in [-0.05, 0) is 55.1 Å². The Labute approximate surface area is 133 Å². The zero-order valence-corrected chi connectivity index (χ0v) is 13.2. The highest BCUT2D eigenvalue weighted by Crippen LogP contribution is 2.15. The molecule has 0 bridgehead atoms. The van der Waals surface area contributed by atoms with Gasteiger partial charge in [-0.1, -0.05) is 36.4 Å². The van der Waals surface area contributed by atoms with Gasteiger partial charge in [-0.15, -0.1) is 0 Å². The van der Waals surface area contributed by atoms with Gasteiger partial charge in [0.25, 0.3) is 0 Å². The second kappa shape index (κ2) is 9.23. The van der Waals surface area contributed by atoms with Crippen molar-refractivity contribution in [2.24, 2.45) is 0 Å². The Morgan fingerprint density at radius 1 is 1.00 bits per heavy atom. The SMILES string of the molecule is Cc1ccccc1COc1ccc(CNCCCCO)cc1. The monoisotopic (exact) mass is 299 g/mol. The van der Waals surface area contributed by atoms with E-state index in [-0.39, 0.29) is 6.61 Å². The smallest absolute Gasteiger partial charge is 0.119 e. The van der Waals surface area contributed by atoms with Crippen molar-refractivity contribution in [2.75, 3.05) is 13.2 Å². The fourth-order valence-electron chi connectivity index (χ4n) is 2.23. The third-order valence-corrected chi connectivity index (χ3v) is 3.67. The molecule has 0 fully saturated rings. The lowest BCUT2D eigenvalue weighted by molar-refractivity contribution is 0.283. The van der Waals surface area contributed by atoms with Gasteiger partial charge in [0.1, 0.15) is 12.4 Å². The molecule has 0 radical (unpaired) electrons. The summed E-state index contributed by atoms with van der Waals surface area (Å²) in [5.74, 6) is 0.896. The predicted octanol–water partition coefficient (Wildman–Crippen LogP) is 3.44. The molecule has 3 nitrogen and oxygen atoms in total. The highest BCUT2D eigenvalue weighted by Gasteiger charge is 1.99. The van der Waals surface area contributed by atoms with Crippen LogP contribution in [-0.2, 0) is 13.2 Å². The summed E-state index contributed by atoms with van der Waals surface area (Å²) in [5, 5.41) is 12.1. The van der Waals surface area contributed by atoms with E-state index in [1.165, 1.54) is 16.7 Å². The standard InChI is InChI=1S/C19H25NO2/c1-16-6-2-3-7-18(16)15-22-19-10-8-17(9-11-19)14-20-12-4-5-13-21/h2-3,6-11,20-21H,4-5,12-15H2,1H3. The van der Waals surface area contributed by atoms with E-state index in [0.29, 0.717) is 6.61 Å². The maximum absolute atomic E-state index is 8.72. The van der Waals surface area contributed by atoms with E-state index in [0.717, 1.165) is 31.7 Å². The maximum Gasteiger partial charge on any atom is 0.119 e. The van der Waals surface area contributed by atoms with Gasteiger partial charge in [0.2, 0.25) is 0 Å². The number of aliphatic hydroxyl groups excluding tert-OH is 1. The van der Waals surface area contributed by atoms with Gasteiger partial charge in [-0.2, -0.15) is 0 Å². The maximum atomic E-state index is 8.72. The van der Waals surface area contributed by atoms with Crippen molar-refractivity contribution in [2.45, 2.75) is 32.9 Å². The van der Waals surface area contributed by atoms with Crippen LogP contribution in [0.1, 0.15) is 29.5 Å². The molecule has 0 saturated carbocycles. The van der Waals surface area contributed by atoms with Crippen molar-refractivity contribution in [3.05, 3.63) is 65.2 Å². The lowest BCUT2D eigenvalue weighted by atomic mass is 10.1. The highest BCUT2D eigenvalue weighted by atomic mass is 16.5. The van der Waals surface area contributed by atoms with Crippen LogP contribution in [0.25, 0.3) is 0 Å². The molecule has 0 aliphatic carbocycles. The molecule has 2 aromatic rings. The first-order chi connectivity index (χ1) is 10.8. The molecule has 0 unspecified atom stereocenters. The molecule has 3 heteroatoms. The first kappa shape index (κ1) is 16.5. The summed E-state index contributed by atoms with van der Waals surface area (Å²) in [4.78, 5) is 0. The minimum Gasteiger partial charge on any atom is -0.489 e. The van der Waals surface area contributed by atoms with Crippen LogP contribution in [-0.4, -0.2) is 18.3 Å². The fourth-order valence-corrected chi connectivity index (χ4v) is 2.23. The number of hydrogen-bond acceptors (Lipinski definition) is 3. The topological polar surface area (TPSA) is 41.5 Å². The summed E-state index contributed by atoms with van der Waals surface area (Å²) >= 11 is 0. The minimum atomic E-state index is 0.272. The molecule has 0 amide bonds. The number of aliphatic hydroxyl groups is 1. The van der Waals surface area contributed by atoms with Crippen molar-refractivity contribution >= 4 is 0 Å². The number of ether oxygens (including phenoxy) is 1. The number of benzene rings is 2. The van der Waals surface area contributed by atoms with Crippen LogP contribution in [0.3, 0.4) is 0 Å². The summed E-state index contributed by atoms with van der Waals surface area (Å²) in [6, 6.07) is 16.5. The van der Waals surface area contributed by atoms with Gasteiger partial charge >= 0.3 is 0 Å². The largest absolute Gasteiger partial charge is 0.489 e. The molecule has 118 valence electrons. The summed E-state index contributed by atoms with van der Waals surface area (Å²) in [6.45, 7) is 4.76. The molecular weight excluding hydrogens is 274 g/mol. The zero-order valence-electron chi connectivity index (χ0n) is 13.2. The van der Waals surface area contributed by atoms with Crippen molar-refractivity contribution in [3.8, 4) is 5.75 Å². The second-order valence-corrected chi connectivity index (χ2v) is 5.47. The summed E-state index contributed by atoms with van der Waals surface area (Å²) in [6.07, 6.45) is 1.87. The molecule has 0 aliphatic rings. The van der Waals surface area contributed by atoms with Gasteiger partial charge in [0.15, 0.2) is 0 Å². The Hall–Kier alpha value is -1.84. The lowest BCUT2D eigenvalue weighted by Gasteiger charge is -2.09. The lowest BCUT2D eigenvalue weighted by Crippen LogP contribution is -2.14. The van der Waals surface area contributed by atoms with E-state index in [1.54, 1.807) is 0 Å². The molecule has 0 heterocycles. The zero-order chi connectivity index (χ0) is 15.6. The fraction of sp³-hybridized carbons (Fsp3) is 0.368. The van der Waals surface area contributed by atoms with E-state index in [1.807, 2.05) is 24.3 Å². The van der Waals surface area contributed by atoms with Crippen LogP contribution in [0.4, 0.5) is 0 Å². The summed E-state index contributed by atoms with van der Waals surface area (Å²) in [5.41, 5.74) is 3.72. The molecule has 2 rings (SSSR count). The summed E-state index contributed by atoms with van der Waals surface area (Å²) in [7, 11) is 0. The van der Waals surface area contributed by atoms with E-state index >= 15 is 0 Å². The van der Waals surface area contributed by atoms with Crippen LogP contribution >= 0.6 is 0 Å². The van der Waals surface area contributed by atoms with Crippen LogP contribution < -0.4 is 10.1 Å². The van der Waals surface area contributed by atoms with Crippen molar-refractivity contribution in [1.82, 2.24) is 5.32 Å². The third-order valence-electron chi connectivity index (χ3n) is 3.67. The molecule has 0 saturated heterocycles. The highest BCUT2D eigenvalue weighted by molar-refractivity contribution is 5.29. The van der Waals surface area contributed by atoms with Gasteiger partial charge in [-0.3, -0.25) is 0 Å². The molecule has 0 aromatic heterocycles. The number of hydrogen-bond donors (Lipinski definition) is 2. The first-order valence-electron chi connectivity index (χ1n) is 7.87.